The number of nitrogens with zero attached hydrogens (tertiary/aromatic N) is 3. The second kappa shape index (κ2) is 7.91. The minimum Gasteiger partial charge on any atom is -0.327 e. The molecule has 0 aliphatic heterocycles. The van der Waals surface area contributed by atoms with Crippen LogP contribution in [0.25, 0.3) is 11.0 Å². The van der Waals surface area contributed by atoms with Gasteiger partial charge in [0.25, 0.3) is 5.69 Å². The van der Waals surface area contributed by atoms with Gasteiger partial charge in [-0.15, -0.1) is 0 Å². The second-order valence-electron chi connectivity index (χ2n) is 7.08. The van der Waals surface area contributed by atoms with E-state index in [2.05, 4.69) is 4.98 Å². The van der Waals surface area contributed by atoms with Crippen molar-refractivity contribution in [1.82, 2.24) is 9.55 Å². The van der Waals surface area contributed by atoms with Crippen molar-refractivity contribution in [2.75, 3.05) is 0 Å². The molecular formula is C23H16FN3O4. The Hall–Kier alpha value is -4.20. The van der Waals surface area contributed by atoms with E-state index in [1.54, 1.807) is 35.8 Å². The Morgan fingerprint density at radius 3 is 2.39 bits per heavy atom. The molecule has 7 nitrogen and oxygen atoms in total. The number of hydrogen-bond acceptors (Lipinski definition) is 5. The minimum atomic E-state index is -0.523. The molecule has 2 aromatic carbocycles. The number of pyridine rings is 2. The molecule has 4 aromatic rings. The maximum atomic E-state index is 13.2. The van der Waals surface area contributed by atoms with E-state index in [0.29, 0.717) is 11.3 Å². The molecule has 0 atom stereocenters. The van der Waals surface area contributed by atoms with Crippen LogP contribution in [0.1, 0.15) is 27.2 Å². The molecule has 0 aliphatic carbocycles. The Balaban J connectivity index is 1.85. The Bertz CT molecular complexity index is 1380. The first-order chi connectivity index (χ1) is 14.8. The van der Waals surface area contributed by atoms with E-state index in [4.69, 9.17) is 0 Å². The van der Waals surface area contributed by atoms with Gasteiger partial charge in [-0.25, -0.2) is 9.37 Å². The highest BCUT2D eigenvalue weighted by Crippen LogP contribution is 2.18. The molecule has 0 saturated heterocycles. The van der Waals surface area contributed by atoms with E-state index in [9.17, 15) is 24.1 Å². The smallest absolute Gasteiger partial charge is 0.269 e. The molecule has 8 heteroatoms. The number of halogens is 1. The molecule has 0 fully saturated rings. The Morgan fingerprint density at radius 1 is 1.06 bits per heavy atom. The lowest BCUT2D eigenvalue weighted by atomic mass is 10.0. The average molecular weight is 417 g/mol. The largest absolute Gasteiger partial charge is 0.327 e. The molecule has 0 aliphatic rings. The number of fused-ring (bicyclic) bond motifs is 1. The van der Waals surface area contributed by atoms with Crippen molar-refractivity contribution in [1.29, 1.82) is 0 Å². The summed E-state index contributed by atoms with van der Waals surface area (Å²) >= 11 is 0. The minimum absolute atomic E-state index is 0.0327. The highest BCUT2D eigenvalue weighted by Gasteiger charge is 2.18. The fourth-order valence-electron chi connectivity index (χ4n) is 3.32. The molecule has 0 radical (unpaired) electrons. The lowest BCUT2D eigenvalue weighted by Gasteiger charge is -2.13. The van der Waals surface area contributed by atoms with Crippen LogP contribution >= 0.6 is 0 Å². The molecule has 0 bridgehead atoms. The summed E-state index contributed by atoms with van der Waals surface area (Å²) in [5, 5.41) is 11.2. The van der Waals surface area contributed by atoms with Gasteiger partial charge in [0.1, 0.15) is 11.5 Å². The van der Waals surface area contributed by atoms with Crippen LogP contribution < -0.4 is 5.43 Å². The van der Waals surface area contributed by atoms with Gasteiger partial charge in [-0.05, 0) is 48.9 Å². The number of non-ortho nitro benzene ring substituents is 1. The number of aromatic nitrogens is 2. The number of nitro benzene ring substituents is 1. The van der Waals surface area contributed by atoms with Crippen LogP contribution in [0.2, 0.25) is 0 Å². The summed E-state index contributed by atoms with van der Waals surface area (Å²) in [7, 11) is 0. The van der Waals surface area contributed by atoms with Crippen LogP contribution in [0.15, 0.2) is 71.7 Å². The zero-order valence-electron chi connectivity index (χ0n) is 16.4. The number of nitro groups is 1. The van der Waals surface area contributed by atoms with Crippen LogP contribution in [0.3, 0.4) is 0 Å². The van der Waals surface area contributed by atoms with E-state index in [1.807, 2.05) is 0 Å². The molecule has 0 saturated carbocycles. The first kappa shape index (κ1) is 20.1. The van der Waals surface area contributed by atoms with E-state index >= 15 is 0 Å². The normalized spacial score (nSPS) is 10.9. The summed E-state index contributed by atoms with van der Waals surface area (Å²) < 4.78 is 14.9. The maximum absolute atomic E-state index is 13.2. The van der Waals surface area contributed by atoms with Crippen molar-refractivity contribution in [3.63, 3.8) is 0 Å². The molecule has 0 spiro atoms. The third-order valence-corrected chi connectivity index (χ3v) is 4.91. The molecule has 0 N–H and O–H groups in total. The molecule has 154 valence electrons. The zero-order chi connectivity index (χ0) is 22.1. The summed E-state index contributed by atoms with van der Waals surface area (Å²) in [5.41, 5.74) is 1.47. The zero-order valence-corrected chi connectivity index (χ0v) is 16.4. The maximum Gasteiger partial charge on any atom is 0.269 e. The molecular weight excluding hydrogens is 401 g/mol. The first-order valence-corrected chi connectivity index (χ1v) is 9.38. The summed E-state index contributed by atoms with van der Waals surface area (Å²) in [6.45, 7) is 2.03. The molecule has 2 aromatic heterocycles. The SMILES string of the molecule is Cc1ccc2c(=O)c(C(=O)c3ccc(F)cc3)cn(Cc3ccc([N+](=O)[O-])cc3)c2n1. The first-order valence-electron chi connectivity index (χ1n) is 9.38. The summed E-state index contributed by atoms with van der Waals surface area (Å²) in [4.78, 5) is 40.9. The van der Waals surface area contributed by atoms with E-state index in [0.717, 1.165) is 17.7 Å². The van der Waals surface area contributed by atoms with Gasteiger partial charge in [-0.1, -0.05) is 12.1 Å². The molecule has 2 heterocycles. The third-order valence-electron chi connectivity index (χ3n) is 4.91. The van der Waals surface area contributed by atoms with E-state index in [1.165, 1.54) is 30.5 Å². The monoisotopic (exact) mass is 417 g/mol. The van der Waals surface area contributed by atoms with Crippen molar-refractivity contribution in [2.45, 2.75) is 13.5 Å². The van der Waals surface area contributed by atoms with Gasteiger partial charge in [-0.2, -0.15) is 0 Å². The van der Waals surface area contributed by atoms with Crippen LogP contribution in [-0.2, 0) is 6.54 Å². The van der Waals surface area contributed by atoms with Gasteiger partial charge in [-0.3, -0.25) is 19.7 Å². The lowest BCUT2D eigenvalue weighted by molar-refractivity contribution is -0.384. The van der Waals surface area contributed by atoms with Crippen LogP contribution in [0.5, 0.6) is 0 Å². The van der Waals surface area contributed by atoms with Gasteiger partial charge in [0.2, 0.25) is 5.43 Å². The fourth-order valence-corrected chi connectivity index (χ4v) is 3.32. The van der Waals surface area contributed by atoms with Gasteiger partial charge in [0, 0.05) is 36.1 Å². The number of rotatable bonds is 5. The Morgan fingerprint density at radius 2 is 1.74 bits per heavy atom. The number of benzene rings is 2. The Labute approximate surface area is 175 Å². The average Bonchev–Trinajstić information content (AvgIpc) is 2.76. The molecule has 4 rings (SSSR count). The van der Waals surface area contributed by atoms with Crippen molar-refractivity contribution < 1.29 is 14.1 Å². The highest BCUT2D eigenvalue weighted by atomic mass is 19.1. The number of aryl methyl sites for hydroxylation is 1. The van der Waals surface area contributed by atoms with Crippen molar-refractivity contribution in [3.8, 4) is 0 Å². The van der Waals surface area contributed by atoms with Gasteiger partial charge < -0.3 is 4.57 Å². The number of hydrogen-bond donors (Lipinski definition) is 0. The van der Waals surface area contributed by atoms with Crippen molar-refractivity contribution in [3.05, 3.63) is 115 Å². The van der Waals surface area contributed by atoms with Gasteiger partial charge >= 0.3 is 0 Å². The van der Waals surface area contributed by atoms with Crippen LogP contribution in [0.4, 0.5) is 10.1 Å². The summed E-state index contributed by atoms with van der Waals surface area (Å²) in [6.07, 6.45) is 1.43. The predicted molar refractivity (Wildman–Crippen MR) is 113 cm³/mol. The third kappa shape index (κ3) is 3.95. The fraction of sp³-hybridized carbons (Fsp3) is 0.0870. The molecule has 31 heavy (non-hydrogen) atoms. The predicted octanol–water partition coefficient (Wildman–Crippen LogP) is 4.03. The van der Waals surface area contributed by atoms with Crippen LogP contribution in [-0.4, -0.2) is 20.3 Å². The molecule has 0 amide bonds. The standard InChI is InChI=1S/C23H16FN3O4/c1-14-2-11-19-22(29)20(21(28)16-5-7-17(24)8-6-16)13-26(23(19)25-14)12-15-3-9-18(10-4-15)27(30)31/h2-11,13H,12H2,1H3. The van der Waals surface area contributed by atoms with Crippen molar-refractivity contribution >= 4 is 22.5 Å². The number of ketones is 1. The number of carbonyl (C=O) groups is 1. The number of carbonyl (C=O) groups excluding carboxylic acids is 1. The van der Waals surface area contributed by atoms with Gasteiger partial charge in [0.15, 0.2) is 5.78 Å². The topological polar surface area (TPSA) is 95.1 Å². The quantitative estimate of drug-likeness (QED) is 0.278. The summed E-state index contributed by atoms with van der Waals surface area (Å²) in [5.74, 6) is -1.00. The lowest BCUT2D eigenvalue weighted by Crippen LogP contribution is -2.21. The second-order valence-corrected chi connectivity index (χ2v) is 7.08. The highest BCUT2D eigenvalue weighted by molar-refractivity contribution is 6.10. The molecule has 0 unspecified atom stereocenters. The van der Waals surface area contributed by atoms with E-state index in [-0.39, 0.29) is 28.7 Å². The van der Waals surface area contributed by atoms with Crippen LogP contribution in [0, 0.1) is 22.9 Å². The van der Waals surface area contributed by atoms with E-state index < -0.39 is 22.0 Å². The van der Waals surface area contributed by atoms with Crippen molar-refractivity contribution in [2.24, 2.45) is 0 Å². The summed E-state index contributed by atoms with van der Waals surface area (Å²) in [6, 6.07) is 14.3. The van der Waals surface area contributed by atoms with Gasteiger partial charge in [0.05, 0.1) is 15.9 Å². The Kier molecular flexibility index (Phi) is 5.12.